The molecule has 0 radical (unpaired) electrons. The largest absolute Gasteiger partial charge is 0.505 e. The zero-order valence-electron chi connectivity index (χ0n) is 16.0. The van der Waals surface area contributed by atoms with Crippen molar-refractivity contribution in [3.8, 4) is 23.0 Å². The first-order valence-electron chi connectivity index (χ1n) is 8.98. The average molecular weight is 516 g/mol. The van der Waals surface area contributed by atoms with E-state index in [-0.39, 0.29) is 6.54 Å². The first-order chi connectivity index (χ1) is 15.2. The van der Waals surface area contributed by atoms with Gasteiger partial charge >= 0.3 is 0 Å². The van der Waals surface area contributed by atoms with Crippen molar-refractivity contribution >= 4 is 58.0 Å². The molecule has 0 saturated carbocycles. The van der Waals surface area contributed by atoms with Crippen LogP contribution in [0.3, 0.4) is 0 Å². The van der Waals surface area contributed by atoms with Gasteiger partial charge in [0.25, 0.3) is 5.91 Å². The maximum absolute atomic E-state index is 12.5. The van der Waals surface area contributed by atoms with Crippen LogP contribution in [0.15, 0.2) is 47.6 Å². The summed E-state index contributed by atoms with van der Waals surface area (Å²) in [6, 6.07) is 12.0. The molecule has 3 rings (SSSR count). The monoisotopic (exact) mass is 514 g/mol. The normalized spacial score (nSPS) is 10.6. The van der Waals surface area contributed by atoms with Gasteiger partial charge in [-0.15, -0.1) is 4.91 Å². The summed E-state index contributed by atoms with van der Waals surface area (Å²) in [5, 5.41) is 24.7. The number of benzene rings is 3. The molecule has 7 nitrogen and oxygen atoms in total. The van der Waals surface area contributed by atoms with Crippen LogP contribution >= 0.6 is 46.4 Å². The molecular formula is C21H14Cl4N2O5. The lowest BCUT2D eigenvalue weighted by Crippen LogP contribution is -2.26. The van der Waals surface area contributed by atoms with Crippen molar-refractivity contribution in [2.75, 3.05) is 6.54 Å². The zero-order valence-corrected chi connectivity index (χ0v) is 19.1. The molecule has 0 aliphatic rings. The summed E-state index contributed by atoms with van der Waals surface area (Å²) in [6.45, 7) is 0.163. The topological polar surface area (TPSA) is 108 Å². The number of phenols is 2. The van der Waals surface area contributed by atoms with E-state index in [4.69, 9.17) is 51.1 Å². The van der Waals surface area contributed by atoms with E-state index in [0.717, 1.165) is 5.56 Å². The van der Waals surface area contributed by atoms with E-state index >= 15 is 0 Å². The van der Waals surface area contributed by atoms with Crippen LogP contribution in [0.25, 0.3) is 0 Å². The van der Waals surface area contributed by atoms with Gasteiger partial charge in [-0.25, -0.2) is 0 Å². The van der Waals surface area contributed by atoms with E-state index < -0.39 is 38.7 Å². The Morgan fingerprint density at radius 1 is 0.906 bits per heavy atom. The van der Waals surface area contributed by atoms with Crippen LogP contribution in [0.4, 0.5) is 5.69 Å². The van der Waals surface area contributed by atoms with Gasteiger partial charge in [0, 0.05) is 16.6 Å². The second kappa shape index (κ2) is 10.3. The van der Waals surface area contributed by atoms with E-state index in [1.165, 1.54) is 0 Å². The average Bonchev–Trinajstić information content (AvgIpc) is 2.75. The number of nitrogens with zero attached hydrogens (tertiary/aromatic N) is 1. The molecular weight excluding hydrogens is 502 g/mol. The van der Waals surface area contributed by atoms with Crippen LogP contribution in [0.1, 0.15) is 15.9 Å². The van der Waals surface area contributed by atoms with Gasteiger partial charge in [0.15, 0.2) is 11.5 Å². The number of halogens is 4. The number of hydrogen-bond donors (Lipinski definition) is 3. The number of phenolic OH excluding ortho intramolecular Hbond substituents is 2. The third kappa shape index (κ3) is 5.37. The van der Waals surface area contributed by atoms with Gasteiger partial charge in [-0.2, -0.15) is 0 Å². The number of aromatic hydroxyl groups is 2. The fraction of sp³-hybridized carbons (Fsp3) is 0.0952. The number of carbonyl (C=O) groups excluding carboxylic acids is 1. The Morgan fingerprint density at radius 2 is 1.53 bits per heavy atom. The summed E-state index contributed by atoms with van der Waals surface area (Å²) >= 11 is 23.5. The molecule has 0 bridgehead atoms. The van der Waals surface area contributed by atoms with Gasteiger partial charge < -0.3 is 20.3 Å². The van der Waals surface area contributed by atoms with Gasteiger partial charge in [0.2, 0.25) is 0 Å². The molecule has 3 N–H and O–H groups in total. The van der Waals surface area contributed by atoms with Crippen LogP contribution in [0, 0.1) is 4.91 Å². The molecule has 0 aromatic heterocycles. The maximum Gasteiger partial charge on any atom is 0.257 e. The predicted octanol–water partition coefficient (Wildman–Crippen LogP) is 6.87. The fourth-order valence-corrected chi connectivity index (χ4v) is 3.78. The van der Waals surface area contributed by atoms with Crippen LogP contribution in [0.5, 0.6) is 23.0 Å². The van der Waals surface area contributed by atoms with E-state index in [9.17, 15) is 19.9 Å². The number of ether oxygens (including phenoxy) is 1. The molecule has 3 aromatic rings. The summed E-state index contributed by atoms with van der Waals surface area (Å²) in [5.74, 6) is -1.29. The Morgan fingerprint density at radius 3 is 2.12 bits per heavy atom. The zero-order chi connectivity index (χ0) is 23.4. The lowest BCUT2D eigenvalue weighted by molar-refractivity contribution is 0.0952. The van der Waals surface area contributed by atoms with Gasteiger partial charge in [-0.1, -0.05) is 58.5 Å². The van der Waals surface area contributed by atoms with Crippen molar-refractivity contribution in [3.05, 3.63) is 78.6 Å². The number of nitrogens with one attached hydrogen (secondary N) is 1. The Hall–Kier alpha value is -2.71. The molecule has 0 unspecified atom stereocenters. The summed E-state index contributed by atoms with van der Waals surface area (Å²) in [6.07, 6.45) is 0.430. The molecule has 0 fully saturated rings. The second-order valence-electron chi connectivity index (χ2n) is 6.50. The van der Waals surface area contributed by atoms with Crippen LogP contribution in [0.2, 0.25) is 20.1 Å². The number of hydrogen-bond acceptors (Lipinski definition) is 6. The van der Waals surface area contributed by atoms with Gasteiger partial charge in [0.05, 0.1) is 0 Å². The lowest BCUT2D eigenvalue weighted by atomic mass is 10.1. The maximum atomic E-state index is 12.5. The van der Waals surface area contributed by atoms with Crippen molar-refractivity contribution in [2.24, 2.45) is 5.18 Å². The quantitative estimate of drug-likeness (QED) is 0.297. The minimum atomic E-state index is -0.821. The molecule has 0 aliphatic carbocycles. The van der Waals surface area contributed by atoms with E-state index in [1.54, 1.807) is 42.5 Å². The molecule has 32 heavy (non-hydrogen) atoms. The Labute approximate surface area is 202 Å². The molecule has 11 heteroatoms. The highest BCUT2D eigenvalue weighted by Gasteiger charge is 2.27. The van der Waals surface area contributed by atoms with Crippen molar-refractivity contribution in [2.45, 2.75) is 6.42 Å². The minimum absolute atomic E-state index is 0.163. The molecule has 166 valence electrons. The third-order valence-electron chi connectivity index (χ3n) is 4.32. The van der Waals surface area contributed by atoms with Crippen molar-refractivity contribution in [3.63, 3.8) is 0 Å². The molecule has 0 saturated heterocycles. The third-order valence-corrected chi connectivity index (χ3v) is 5.47. The van der Waals surface area contributed by atoms with Gasteiger partial charge in [-0.3, -0.25) is 4.79 Å². The summed E-state index contributed by atoms with van der Waals surface area (Å²) in [7, 11) is 0. The van der Waals surface area contributed by atoms with E-state index in [1.807, 2.05) is 0 Å². The molecule has 0 atom stereocenters. The minimum Gasteiger partial charge on any atom is -0.505 e. The summed E-state index contributed by atoms with van der Waals surface area (Å²) in [4.78, 5) is 23.5. The number of rotatable bonds is 7. The highest BCUT2D eigenvalue weighted by atomic mass is 35.5. The molecule has 3 aromatic carbocycles. The highest BCUT2D eigenvalue weighted by molar-refractivity contribution is 6.41. The van der Waals surface area contributed by atoms with E-state index in [0.29, 0.717) is 28.0 Å². The lowest BCUT2D eigenvalue weighted by Gasteiger charge is -2.12. The van der Waals surface area contributed by atoms with Crippen molar-refractivity contribution < 1.29 is 19.7 Å². The Bertz CT molecular complexity index is 1170. The Balaban J connectivity index is 1.64. The van der Waals surface area contributed by atoms with Crippen molar-refractivity contribution in [1.82, 2.24) is 5.32 Å². The first-order valence-corrected chi connectivity index (χ1v) is 10.5. The Kier molecular flexibility index (Phi) is 7.69. The van der Waals surface area contributed by atoms with Gasteiger partial charge in [-0.05, 0) is 47.5 Å². The molecule has 0 heterocycles. The summed E-state index contributed by atoms with van der Waals surface area (Å²) < 4.78 is 5.71. The van der Waals surface area contributed by atoms with Crippen LogP contribution < -0.4 is 10.1 Å². The number of amides is 1. The van der Waals surface area contributed by atoms with Gasteiger partial charge in [0.1, 0.15) is 32.8 Å². The fourth-order valence-electron chi connectivity index (χ4n) is 2.81. The standard InChI is InChI=1S/C21H14Cl4N2O5/c22-11-7-12(23)9-14(8-11)32-13-3-1-10(2-4-13)5-6-26-21(30)15-18(27-31)16(24)20(29)17(25)19(15)28/h1-4,7-9,28-29H,5-6H2,(H,26,30). The molecule has 0 spiro atoms. The second-order valence-corrected chi connectivity index (χ2v) is 8.13. The SMILES string of the molecule is O=Nc1c(Cl)c(O)c(Cl)c(O)c1C(=O)NCCc1ccc(Oc2cc(Cl)cc(Cl)c2)cc1. The van der Waals surface area contributed by atoms with Crippen LogP contribution in [-0.2, 0) is 6.42 Å². The number of nitroso groups, excluding NO2 is 1. The van der Waals surface area contributed by atoms with Crippen molar-refractivity contribution in [1.29, 1.82) is 0 Å². The smallest absolute Gasteiger partial charge is 0.257 e. The summed E-state index contributed by atoms with van der Waals surface area (Å²) in [5.41, 5.74) is -0.246. The number of carbonyl (C=O) groups is 1. The molecule has 0 aliphatic heterocycles. The first kappa shape index (κ1) is 23.9. The predicted molar refractivity (Wildman–Crippen MR) is 124 cm³/mol. The van der Waals surface area contributed by atoms with Crippen LogP contribution in [-0.4, -0.2) is 22.7 Å². The van der Waals surface area contributed by atoms with E-state index in [2.05, 4.69) is 10.5 Å². The highest BCUT2D eigenvalue weighted by Crippen LogP contribution is 2.48. The molecule has 1 amide bonds.